The van der Waals surface area contributed by atoms with E-state index in [1.165, 1.54) is 18.6 Å². The van der Waals surface area contributed by atoms with E-state index in [4.69, 9.17) is 0 Å². The van der Waals surface area contributed by atoms with Gasteiger partial charge in [-0.15, -0.1) is 0 Å². The number of rotatable bonds is 5. The number of likely N-dealkylation sites (tertiary alicyclic amines) is 2. The van der Waals surface area contributed by atoms with Crippen molar-refractivity contribution < 1.29 is 14.0 Å². The van der Waals surface area contributed by atoms with Gasteiger partial charge in [0.05, 0.1) is 6.54 Å². The van der Waals surface area contributed by atoms with Gasteiger partial charge in [-0.3, -0.25) is 9.59 Å². The van der Waals surface area contributed by atoms with Gasteiger partial charge in [0.15, 0.2) is 0 Å². The molecule has 6 heteroatoms. The number of hydrogen-bond acceptors (Lipinski definition) is 3. The fourth-order valence-electron chi connectivity index (χ4n) is 4.32. The summed E-state index contributed by atoms with van der Waals surface area (Å²) < 4.78 is 13.1. The Labute approximate surface area is 167 Å². The molecule has 1 atom stereocenters. The van der Waals surface area contributed by atoms with Gasteiger partial charge in [0.25, 0.3) is 0 Å². The van der Waals surface area contributed by atoms with E-state index in [0.717, 1.165) is 38.0 Å². The van der Waals surface area contributed by atoms with Gasteiger partial charge in [0.2, 0.25) is 11.8 Å². The molecule has 5 nitrogen and oxygen atoms in total. The largest absolute Gasteiger partial charge is 0.362 e. The first kappa shape index (κ1) is 20.6. The summed E-state index contributed by atoms with van der Waals surface area (Å²) in [6.07, 6.45) is 3.80. The van der Waals surface area contributed by atoms with Crippen molar-refractivity contribution in [1.29, 1.82) is 0 Å². The summed E-state index contributed by atoms with van der Waals surface area (Å²) in [5.74, 6) is 0.712. The normalized spacial score (nSPS) is 20.9. The molecule has 28 heavy (non-hydrogen) atoms. The first-order chi connectivity index (χ1) is 13.5. The summed E-state index contributed by atoms with van der Waals surface area (Å²) in [6, 6.07) is 6.25. The number of carbonyl (C=O) groups is 2. The van der Waals surface area contributed by atoms with E-state index in [0.29, 0.717) is 25.6 Å². The molecule has 1 aromatic carbocycles. The van der Waals surface area contributed by atoms with Gasteiger partial charge in [-0.1, -0.05) is 6.92 Å². The molecule has 0 bridgehead atoms. The Morgan fingerprint density at radius 2 is 1.75 bits per heavy atom. The molecule has 2 aliphatic rings. The van der Waals surface area contributed by atoms with Gasteiger partial charge in [-0.2, -0.15) is 0 Å². The Morgan fingerprint density at radius 3 is 2.36 bits per heavy atom. The molecular weight excluding hydrogens is 357 g/mol. The Kier molecular flexibility index (Phi) is 6.92. The molecule has 2 aliphatic heterocycles. The molecule has 3 rings (SSSR count). The zero-order valence-electron chi connectivity index (χ0n) is 17.1. The third-order valence-corrected chi connectivity index (χ3v) is 6.07. The number of carbonyl (C=O) groups excluding carboxylic acids is 2. The van der Waals surface area contributed by atoms with Crippen molar-refractivity contribution in [2.24, 2.45) is 11.8 Å². The van der Waals surface area contributed by atoms with Gasteiger partial charge in [0.1, 0.15) is 5.82 Å². The fourth-order valence-corrected chi connectivity index (χ4v) is 4.32. The average Bonchev–Trinajstić information content (AvgIpc) is 2.72. The van der Waals surface area contributed by atoms with Gasteiger partial charge in [0, 0.05) is 44.3 Å². The van der Waals surface area contributed by atoms with Crippen LogP contribution in [0.4, 0.5) is 10.1 Å². The van der Waals surface area contributed by atoms with Gasteiger partial charge >= 0.3 is 0 Å². The second kappa shape index (κ2) is 9.39. The zero-order chi connectivity index (χ0) is 20.1. The molecule has 0 radical (unpaired) electrons. The summed E-state index contributed by atoms with van der Waals surface area (Å²) in [6.45, 7) is 8.19. The maximum atomic E-state index is 13.1. The molecule has 0 aliphatic carbocycles. The third-order valence-electron chi connectivity index (χ3n) is 6.07. The summed E-state index contributed by atoms with van der Waals surface area (Å²) in [4.78, 5) is 31.4. The molecule has 2 amide bonds. The van der Waals surface area contributed by atoms with Crippen molar-refractivity contribution in [1.82, 2.24) is 9.80 Å². The van der Waals surface area contributed by atoms with E-state index in [2.05, 4.69) is 6.92 Å². The predicted octanol–water partition coefficient (Wildman–Crippen LogP) is 3.15. The van der Waals surface area contributed by atoms with E-state index >= 15 is 0 Å². The second-order valence-electron chi connectivity index (χ2n) is 8.18. The lowest BCUT2D eigenvalue weighted by atomic mass is 9.92. The highest BCUT2D eigenvalue weighted by atomic mass is 19.1. The van der Waals surface area contributed by atoms with Crippen molar-refractivity contribution in [2.45, 2.75) is 39.5 Å². The number of likely N-dealkylation sites (N-methyl/N-ethyl adjacent to an activating group) is 1. The Balaban J connectivity index is 1.50. The lowest BCUT2D eigenvalue weighted by Gasteiger charge is -2.37. The van der Waals surface area contributed by atoms with Crippen LogP contribution >= 0.6 is 0 Å². The van der Waals surface area contributed by atoms with Crippen LogP contribution in [0.5, 0.6) is 0 Å². The molecular formula is C22H32FN3O2. The lowest BCUT2D eigenvalue weighted by Crippen LogP contribution is -2.48. The first-order valence-corrected chi connectivity index (χ1v) is 10.5. The molecule has 2 heterocycles. The minimum absolute atomic E-state index is 0.0497. The van der Waals surface area contributed by atoms with E-state index in [1.54, 1.807) is 12.1 Å². The van der Waals surface area contributed by atoms with Crippen LogP contribution in [0.25, 0.3) is 0 Å². The van der Waals surface area contributed by atoms with Crippen LogP contribution in [0.1, 0.15) is 39.5 Å². The van der Waals surface area contributed by atoms with Crippen LogP contribution < -0.4 is 4.90 Å². The highest BCUT2D eigenvalue weighted by Gasteiger charge is 2.32. The number of benzene rings is 1. The number of anilines is 1. The van der Waals surface area contributed by atoms with E-state index in [-0.39, 0.29) is 30.1 Å². The molecule has 154 valence electrons. The van der Waals surface area contributed by atoms with Gasteiger partial charge in [-0.05, 0) is 62.8 Å². The number of amides is 2. The van der Waals surface area contributed by atoms with Crippen molar-refractivity contribution in [3.05, 3.63) is 30.1 Å². The van der Waals surface area contributed by atoms with E-state index in [9.17, 15) is 14.0 Å². The van der Waals surface area contributed by atoms with Crippen LogP contribution in [0.2, 0.25) is 0 Å². The molecule has 0 saturated carbocycles. The van der Waals surface area contributed by atoms with Crippen molar-refractivity contribution in [3.8, 4) is 0 Å². The van der Waals surface area contributed by atoms with Crippen LogP contribution in [-0.4, -0.2) is 60.9 Å². The Bertz CT molecular complexity index is 671. The standard InChI is InChI=1S/C22H32FN3O2/c1-3-24(20-8-6-19(23)7-9-20)16-21(27)25-13-10-18(11-14-25)22(28)26-12-4-5-17(2)15-26/h6-9,17-18H,3-5,10-16H2,1-2H3. The predicted molar refractivity (Wildman–Crippen MR) is 109 cm³/mol. The molecule has 0 N–H and O–H groups in total. The van der Waals surface area contributed by atoms with Gasteiger partial charge in [-0.25, -0.2) is 4.39 Å². The Morgan fingerprint density at radius 1 is 1.07 bits per heavy atom. The second-order valence-corrected chi connectivity index (χ2v) is 8.18. The molecule has 0 aromatic heterocycles. The zero-order valence-corrected chi connectivity index (χ0v) is 17.1. The monoisotopic (exact) mass is 389 g/mol. The lowest BCUT2D eigenvalue weighted by molar-refractivity contribution is -0.141. The summed E-state index contributed by atoms with van der Waals surface area (Å²) in [5, 5.41) is 0. The van der Waals surface area contributed by atoms with Crippen LogP contribution in [-0.2, 0) is 9.59 Å². The minimum Gasteiger partial charge on any atom is -0.362 e. The molecule has 2 fully saturated rings. The van der Waals surface area contributed by atoms with Crippen LogP contribution in [0.15, 0.2) is 24.3 Å². The fraction of sp³-hybridized carbons (Fsp3) is 0.636. The van der Waals surface area contributed by atoms with Crippen molar-refractivity contribution >= 4 is 17.5 Å². The Hall–Kier alpha value is -2.11. The molecule has 1 unspecified atom stereocenters. The van der Waals surface area contributed by atoms with E-state index < -0.39 is 0 Å². The summed E-state index contributed by atoms with van der Waals surface area (Å²) >= 11 is 0. The number of nitrogens with zero attached hydrogens (tertiary/aromatic N) is 3. The van der Waals surface area contributed by atoms with Crippen LogP contribution in [0, 0.1) is 17.7 Å². The van der Waals surface area contributed by atoms with Crippen molar-refractivity contribution in [2.75, 3.05) is 44.2 Å². The number of halogens is 1. The van der Waals surface area contributed by atoms with Crippen LogP contribution in [0.3, 0.4) is 0 Å². The third kappa shape index (κ3) is 5.03. The molecule has 2 saturated heterocycles. The topological polar surface area (TPSA) is 43.9 Å². The molecule has 1 aromatic rings. The number of hydrogen-bond donors (Lipinski definition) is 0. The maximum Gasteiger partial charge on any atom is 0.242 e. The SMILES string of the molecule is CCN(CC(=O)N1CCC(C(=O)N2CCCC(C)C2)CC1)c1ccc(F)cc1. The maximum absolute atomic E-state index is 13.1. The van der Waals surface area contributed by atoms with E-state index in [1.807, 2.05) is 21.6 Å². The highest BCUT2D eigenvalue weighted by Crippen LogP contribution is 2.24. The highest BCUT2D eigenvalue weighted by molar-refractivity contribution is 5.83. The smallest absolute Gasteiger partial charge is 0.242 e. The van der Waals surface area contributed by atoms with Crippen molar-refractivity contribution in [3.63, 3.8) is 0 Å². The molecule has 0 spiro atoms. The minimum atomic E-state index is -0.277. The average molecular weight is 390 g/mol. The van der Waals surface area contributed by atoms with Gasteiger partial charge < -0.3 is 14.7 Å². The number of piperidine rings is 2. The quantitative estimate of drug-likeness (QED) is 0.777. The summed E-state index contributed by atoms with van der Waals surface area (Å²) in [7, 11) is 0. The summed E-state index contributed by atoms with van der Waals surface area (Å²) in [5.41, 5.74) is 0.849. The first-order valence-electron chi connectivity index (χ1n) is 10.5.